The highest BCUT2D eigenvalue weighted by Gasteiger charge is 2.14. The van der Waals surface area contributed by atoms with E-state index >= 15 is 0 Å². The number of oxazole rings is 1. The highest BCUT2D eigenvalue weighted by atomic mass is 19.1. The van der Waals surface area contributed by atoms with Crippen molar-refractivity contribution in [2.24, 2.45) is 0 Å². The maximum atomic E-state index is 13.8. The molecule has 0 saturated carbocycles. The van der Waals surface area contributed by atoms with Crippen molar-refractivity contribution in [3.05, 3.63) is 77.6 Å². The Kier molecular flexibility index (Phi) is 5.62. The number of aryl methyl sites for hydroxylation is 1. The van der Waals surface area contributed by atoms with E-state index in [-0.39, 0.29) is 18.1 Å². The number of nitriles is 1. The van der Waals surface area contributed by atoms with Crippen molar-refractivity contribution in [3.8, 4) is 17.4 Å². The molecule has 0 N–H and O–H groups in total. The summed E-state index contributed by atoms with van der Waals surface area (Å²) in [6, 6.07) is 15.5. The summed E-state index contributed by atoms with van der Waals surface area (Å²) in [5.41, 5.74) is 1.88. The second-order valence-corrected chi connectivity index (χ2v) is 6.16. The van der Waals surface area contributed by atoms with E-state index in [1.807, 2.05) is 12.1 Å². The smallest absolute Gasteiger partial charge is 0.223 e. The summed E-state index contributed by atoms with van der Waals surface area (Å²) in [5, 5.41) is 8.82. The number of hydrogen-bond acceptors (Lipinski definition) is 4. The topological polar surface area (TPSA) is 70.1 Å². The van der Waals surface area contributed by atoms with Gasteiger partial charge in [0.1, 0.15) is 5.82 Å². The lowest BCUT2D eigenvalue weighted by molar-refractivity contribution is -0.130. The fourth-order valence-electron chi connectivity index (χ4n) is 2.66. The highest BCUT2D eigenvalue weighted by molar-refractivity contribution is 5.76. The zero-order valence-corrected chi connectivity index (χ0v) is 14.9. The maximum absolute atomic E-state index is 13.8. The summed E-state index contributed by atoms with van der Waals surface area (Å²) in [5.74, 6) is 0.318. The second kappa shape index (κ2) is 8.28. The molecule has 5 nitrogen and oxygen atoms in total. The van der Waals surface area contributed by atoms with Crippen LogP contribution in [0.4, 0.5) is 4.39 Å². The van der Waals surface area contributed by atoms with Crippen molar-refractivity contribution in [3.63, 3.8) is 0 Å². The molecular weight excluding hydrogens is 345 g/mol. The first kappa shape index (κ1) is 18.3. The molecule has 0 bridgehead atoms. The lowest BCUT2D eigenvalue weighted by Crippen LogP contribution is -2.26. The van der Waals surface area contributed by atoms with Gasteiger partial charge < -0.3 is 9.32 Å². The van der Waals surface area contributed by atoms with Gasteiger partial charge in [0, 0.05) is 26.4 Å². The minimum Gasteiger partial charge on any atom is -0.441 e. The van der Waals surface area contributed by atoms with E-state index in [1.54, 1.807) is 42.3 Å². The van der Waals surface area contributed by atoms with Crippen LogP contribution in [0.1, 0.15) is 23.4 Å². The molecule has 0 spiro atoms. The van der Waals surface area contributed by atoms with E-state index in [9.17, 15) is 9.18 Å². The first-order valence-electron chi connectivity index (χ1n) is 8.49. The molecular formula is C21H18FN3O2. The van der Waals surface area contributed by atoms with Crippen LogP contribution in [0.3, 0.4) is 0 Å². The number of amides is 1. The van der Waals surface area contributed by atoms with E-state index in [0.29, 0.717) is 35.7 Å². The largest absolute Gasteiger partial charge is 0.441 e. The standard InChI is InChI=1S/C21H18FN3O2/c1-25(14-16-8-6-15(12-23)7-9-16)21(26)11-10-20-24-13-19(27-20)17-4-2-3-5-18(17)22/h2-9,13H,10-11,14H2,1H3. The molecule has 3 rings (SSSR count). The van der Waals surface area contributed by atoms with E-state index in [0.717, 1.165) is 5.56 Å². The van der Waals surface area contributed by atoms with E-state index in [4.69, 9.17) is 9.68 Å². The number of carbonyl (C=O) groups is 1. The third kappa shape index (κ3) is 4.59. The predicted molar refractivity (Wildman–Crippen MR) is 97.8 cm³/mol. The zero-order valence-electron chi connectivity index (χ0n) is 14.9. The fraction of sp³-hybridized carbons (Fsp3) is 0.190. The van der Waals surface area contributed by atoms with Gasteiger partial charge in [-0.05, 0) is 29.8 Å². The van der Waals surface area contributed by atoms with Crippen molar-refractivity contribution in [2.75, 3.05) is 7.05 Å². The summed E-state index contributed by atoms with van der Waals surface area (Å²) in [7, 11) is 1.72. The molecule has 2 aromatic carbocycles. The predicted octanol–water partition coefficient (Wildman–Crippen LogP) is 3.94. The van der Waals surface area contributed by atoms with Gasteiger partial charge in [-0.1, -0.05) is 24.3 Å². The molecule has 6 heteroatoms. The fourth-order valence-corrected chi connectivity index (χ4v) is 2.66. The normalized spacial score (nSPS) is 10.4. The monoisotopic (exact) mass is 363 g/mol. The third-order valence-corrected chi connectivity index (χ3v) is 4.17. The van der Waals surface area contributed by atoms with Crippen LogP contribution >= 0.6 is 0 Å². The quantitative estimate of drug-likeness (QED) is 0.665. The Morgan fingerprint density at radius 2 is 1.96 bits per heavy atom. The number of aromatic nitrogens is 1. The molecule has 0 fully saturated rings. The van der Waals surface area contributed by atoms with Crippen molar-refractivity contribution in [2.45, 2.75) is 19.4 Å². The minimum atomic E-state index is -0.376. The van der Waals surface area contributed by atoms with Crippen molar-refractivity contribution in [1.82, 2.24) is 9.88 Å². The molecule has 0 aliphatic rings. The minimum absolute atomic E-state index is 0.0509. The summed E-state index contributed by atoms with van der Waals surface area (Å²) in [6.07, 6.45) is 2.05. The summed E-state index contributed by atoms with van der Waals surface area (Å²) in [6.45, 7) is 0.455. The van der Waals surface area contributed by atoms with Gasteiger partial charge >= 0.3 is 0 Å². The van der Waals surface area contributed by atoms with Crippen molar-refractivity contribution >= 4 is 5.91 Å². The van der Waals surface area contributed by atoms with E-state index in [1.165, 1.54) is 12.3 Å². The van der Waals surface area contributed by atoms with Crippen LogP contribution in [0.25, 0.3) is 11.3 Å². The summed E-state index contributed by atoms with van der Waals surface area (Å²) < 4.78 is 19.4. The Hall–Kier alpha value is -3.46. The Labute approximate surface area is 156 Å². The van der Waals surface area contributed by atoms with Gasteiger partial charge in [-0.25, -0.2) is 9.37 Å². The first-order valence-corrected chi connectivity index (χ1v) is 8.49. The highest BCUT2D eigenvalue weighted by Crippen LogP contribution is 2.23. The molecule has 0 atom stereocenters. The van der Waals surface area contributed by atoms with Gasteiger partial charge in [0.2, 0.25) is 5.91 Å². The van der Waals surface area contributed by atoms with Crippen LogP contribution in [0.5, 0.6) is 0 Å². The average Bonchev–Trinajstić information content (AvgIpc) is 3.15. The van der Waals surface area contributed by atoms with Crippen molar-refractivity contribution in [1.29, 1.82) is 5.26 Å². The molecule has 1 aromatic heterocycles. The van der Waals surface area contributed by atoms with Gasteiger partial charge in [0.15, 0.2) is 11.7 Å². The second-order valence-electron chi connectivity index (χ2n) is 6.16. The molecule has 0 saturated heterocycles. The molecule has 136 valence electrons. The molecule has 1 heterocycles. The molecule has 0 aliphatic carbocycles. The number of nitrogens with zero attached hydrogens (tertiary/aromatic N) is 3. The van der Waals surface area contributed by atoms with E-state index < -0.39 is 0 Å². The average molecular weight is 363 g/mol. The van der Waals surface area contributed by atoms with Crippen LogP contribution < -0.4 is 0 Å². The Bertz CT molecular complexity index is 974. The number of rotatable bonds is 6. The lowest BCUT2D eigenvalue weighted by Gasteiger charge is -2.17. The van der Waals surface area contributed by atoms with Gasteiger partial charge in [0.25, 0.3) is 0 Å². The molecule has 27 heavy (non-hydrogen) atoms. The van der Waals surface area contributed by atoms with Gasteiger partial charge in [0.05, 0.1) is 23.4 Å². The van der Waals surface area contributed by atoms with Crippen LogP contribution in [0.15, 0.2) is 59.1 Å². The lowest BCUT2D eigenvalue weighted by atomic mass is 10.1. The number of halogens is 1. The van der Waals surface area contributed by atoms with Gasteiger partial charge in [-0.3, -0.25) is 4.79 Å². The number of hydrogen-bond donors (Lipinski definition) is 0. The van der Waals surface area contributed by atoms with Crippen LogP contribution in [0.2, 0.25) is 0 Å². The number of benzene rings is 2. The van der Waals surface area contributed by atoms with Crippen molar-refractivity contribution < 1.29 is 13.6 Å². The Balaban J connectivity index is 1.56. The molecule has 3 aromatic rings. The summed E-state index contributed by atoms with van der Waals surface area (Å²) >= 11 is 0. The Morgan fingerprint density at radius 3 is 2.67 bits per heavy atom. The van der Waals surface area contributed by atoms with Gasteiger partial charge in [-0.15, -0.1) is 0 Å². The van der Waals surface area contributed by atoms with Crippen LogP contribution in [0, 0.1) is 17.1 Å². The zero-order chi connectivity index (χ0) is 19.2. The SMILES string of the molecule is CN(Cc1ccc(C#N)cc1)C(=O)CCc1ncc(-c2ccccc2F)o1. The van der Waals surface area contributed by atoms with Crippen LogP contribution in [-0.2, 0) is 17.8 Å². The summed E-state index contributed by atoms with van der Waals surface area (Å²) in [4.78, 5) is 18.1. The van der Waals surface area contributed by atoms with Crippen LogP contribution in [-0.4, -0.2) is 22.8 Å². The Morgan fingerprint density at radius 1 is 1.22 bits per heavy atom. The van der Waals surface area contributed by atoms with Gasteiger partial charge in [-0.2, -0.15) is 5.26 Å². The number of carbonyl (C=O) groups excluding carboxylic acids is 1. The molecule has 0 radical (unpaired) electrons. The molecule has 0 unspecified atom stereocenters. The maximum Gasteiger partial charge on any atom is 0.223 e. The first-order chi connectivity index (χ1) is 13.1. The molecule has 1 amide bonds. The molecule has 0 aliphatic heterocycles. The van der Waals surface area contributed by atoms with E-state index in [2.05, 4.69) is 11.1 Å². The third-order valence-electron chi connectivity index (χ3n) is 4.17.